The van der Waals surface area contributed by atoms with Crippen LogP contribution in [0, 0.1) is 5.92 Å². The van der Waals surface area contributed by atoms with E-state index in [1.54, 1.807) is 18.6 Å². The van der Waals surface area contributed by atoms with Crippen LogP contribution in [0.25, 0.3) is 11.5 Å². The molecule has 1 saturated heterocycles. The van der Waals surface area contributed by atoms with Crippen molar-refractivity contribution in [2.45, 2.75) is 25.7 Å². The van der Waals surface area contributed by atoms with Crippen molar-refractivity contribution >= 4 is 5.91 Å². The molecular weight excluding hydrogens is 326 g/mol. The molecule has 26 heavy (non-hydrogen) atoms. The summed E-state index contributed by atoms with van der Waals surface area (Å²) in [6.07, 6.45) is 10.5. The molecule has 1 saturated carbocycles. The van der Waals surface area contributed by atoms with Crippen LogP contribution < -0.4 is 0 Å². The van der Waals surface area contributed by atoms with Gasteiger partial charge in [0.25, 0.3) is 5.91 Å². The third-order valence-corrected chi connectivity index (χ3v) is 5.44. The number of rotatable bonds is 4. The first-order valence-corrected chi connectivity index (χ1v) is 9.55. The lowest BCUT2D eigenvalue weighted by atomic mass is 10.1. The summed E-state index contributed by atoms with van der Waals surface area (Å²) in [5, 5.41) is 0. The zero-order valence-corrected chi connectivity index (χ0v) is 15.0. The molecule has 0 bridgehead atoms. The van der Waals surface area contributed by atoms with Crippen molar-refractivity contribution in [2.75, 3.05) is 32.7 Å². The van der Waals surface area contributed by atoms with Crippen molar-refractivity contribution in [2.24, 2.45) is 5.92 Å². The molecule has 3 heterocycles. The van der Waals surface area contributed by atoms with E-state index in [9.17, 15) is 4.79 Å². The third-order valence-electron chi connectivity index (χ3n) is 5.44. The maximum Gasteiger partial charge on any atom is 0.257 e. The Labute approximate surface area is 154 Å². The Morgan fingerprint density at radius 3 is 2.38 bits per heavy atom. The molecule has 0 unspecified atom stereocenters. The first-order valence-electron chi connectivity index (χ1n) is 9.55. The van der Waals surface area contributed by atoms with E-state index in [1.807, 2.05) is 23.1 Å². The van der Waals surface area contributed by atoms with Gasteiger partial charge in [-0.2, -0.15) is 0 Å². The van der Waals surface area contributed by atoms with E-state index >= 15 is 0 Å². The molecule has 4 rings (SSSR count). The number of carbonyl (C=O) groups excluding carboxylic acids is 1. The predicted octanol–water partition coefficient (Wildman–Crippen LogP) is 2.49. The highest BCUT2D eigenvalue weighted by Crippen LogP contribution is 2.25. The topological polar surface area (TPSA) is 62.2 Å². The van der Waals surface area contributed by atoms with Gasteiger partial charge in [0.05, 0.1) is 5.56 Å². The summed E-state index contributed by atoms with van der Waals surface area (Å²) in [5.74, 6) is 1.44. The van der Waals surface area contributed by atoms with E-state index < -0.39 is 0 Å². The second-order valence-corrected chi connectivity index (χ2v) is 7.25. The smallest absolute Gasteiger partial charge is 0.257 e. The lowest BCUT2D eigenvalue weighted by molar-refractivity contribution is 0.0617. The molecule has 2 aliphatic rings. The molecule has 136 valence electrons. The van der Waals surface area contributed by atoms with Crippen LogP contribution >= 0.6 is 0 Å². The number of pyridine rings is 1. The van der Waals surface area contributed by atoms with Gasteiger partial charge in [0.2, 0.25) is 0 Å². The van der Waals surface area contributed by atoms with E-state index in [0.717, 1.165) is 32.1 Å². The maximum absolute atomic E-state index is 12.7. The summed E-state index contributed by atoms with van der Waals surface area (Å²) in [7, 11) is 0. The SMILES string of the molecule is O=C(c1cnc(-c2ccccn2)nc1)N1CCN(CC2CCCC2)CC1. The minimum atomic E-state index is 0.0260. The molecule has 6 heteroatoms. The Hall–Kier alpha value is -2.34. The molecule has 0 spiro atoms. The van der Waals surface area contributed by atoms with Gasteiger partial charge in [0, 0.05) is 51.3 Å². The van der Waals surface area contributed by atoms with E-state index in [0.29, 0.717) is 17.1 Å². The fourth-order valence-corrected chi connectivity index (χ4v) is 3.94. The van der Waals surface area contributed by atoms with Gasteiger partial charge in [-0.05, 0) is 30.9 Å². The Morgan fingerprint density at radius 1 is 1.00 bits per heavy atom. The summed E-state index contributed by atoms with van der Waals surface area (Å²) in [5.41, 5.74) is 1.26. The van der Waals surface area contributed by atoms with Crippen molar-refractivity contribution in [1.82, 2.24) is 24.8 Å². The quantitative estimate of drug-likeness (QED) is 0.847. The molecule has 0 radical (unpaired) electrons. The second-order valence-electron chi connectivity index (χ2n) is 7.25. The average Bonchev–Trinajstić information content (AvgIpc) is 3.22. The zero-order chi connectivity index (χ0) is 17.8. The highest BCUT2D eigenvalue weighted by Gasteiger charge is 2.25. The summed E-state index contributed by atoms with van der Waals surface area (Å²) in [4.78, 5) is 30.0. The standard InChI is InChI=1S/C20H25N5O/c26-20(17-13-22-19(23-14-17)18-7-3-4-8-21-18)25-11-9-24(10-12-25)15-16-5-1-2-6-16/h3-4,7-8,13-14,16H,1-2,5-6,9-12,15H2. The highest BCUT2D eigenvalue weighted by molar-refractivity contribution is 5.93. The number of carbonyl (C=O) groups is 1. The monoisotopic (exact) mass is 351 g/mol. The van der Waals surface area contributed by atoms with Crippen LogP contribution in [-0.4, -0.2) is 63.4 Å². The maximum atomic E-state index is 12.7. The minimum Gasteiger partial charge on any atom is -0.336 e. The molecule has 0 N–H and O–H groups in total. The van der Waals surface area contributed by atoms with Crippen molar-refractivity contribution in [3.8, 4) is 11.5 Å². The summed E-state index contributed by atoms with van der Waals surface area (Å²) in [6, 6.07) is 5.62. The van der Waals surface area contributed by atoms with E-state index in [-0.39, 0.29) is 5.91 Å². The molecular formula is C20H25N5O. The third kappa shape index (κ3) is 3.90. The van der Waals surface area contributed by atoms with Gasteiger partial charge in [0.15, 0.2) is 5.82 Å². The van der Waals surface area contributed by atoms with Crippen LogP contribution in [0.15, 0.2) is 36.8 Å². The van der Waals surface area contributed by atoms with E-state index in [2.05, 4.69) is 19.9 Å². The Morgan fingerprint density at radius 2 is 1.73 bits per heavy atom. The molecule has 1 aliphatic carbocycles. The van der Waals surface area contributed by atoms with Gasteiger partial charge < -0.3 is 4.90 Å². The normalized spacial score (nSPS) is 19.0. The minimum absolute atomic E-state index is 0.0260. The van der Waals surface area contributed by atoms with Crippen molar-refractivity contribution in [3.63, 3.8) is 0 Å². The lowest BCUT2D eigenvalue weighted by Gasteiger charge is -2.35. The van der Waals surface area contributed by atoms with Gasteiger partial charge in [0.1, 0.15) is 5.69 Å². The van der Waals surface area contributed by atoms with Crippen LogP contribution in [-0.2, 0) is 0 Å². The Bertz CT molecular complexity index is 720. The fourth-order valence-electron chi connectivity index (χ4n) is 3.94. The summed E-state index contributed by atoms with van der Waals surface area (Å²) in [6.45, 7) is 4.70. The molecule has 0 atom stereocenters. The fraction of sp³-hybridized carbons (Fsp3) is 0.500. The summed E-state index contributed by atoms with van der Waals surface area (Å²) >= 11 is 0. The predicted molar refractivity (Wildman–Crippen MR) is 99.6 cm³/mol. The van der Waals surface area contributed by atoms with Crippen LogP contribution in [0.2, 0.25) is 0 Å². The summed E-state index contributed by atoms with van der Waals surface area (Å²) < 4.78 is 0. The van der Waals surface area contributed by atoms with Crippen molar-refractivity contribution in [1.29, 1.82) is 0 Å². The van der Waals surface area contributed by atoms with Crippen LogP contribution in [0.4, 0.5) is 0 Å². The Balaban J connectivity index is 1.33. The lowest BCUT2D eigenvalue weighted by Crippen LogP contribution is -2.49. The van der Waals surface area contributed by atoms with Gasteiger partial charge in [-0.15, -0.1) is 0 Å². The van der Waals surface area contributed by atoms with Crippen molar-refractivity contribution in [3.05, 3.63) is 42.4 Å². The van der Waals surface area contributed by atoms with Gasteiger partial charge in [-0.25, -0.2) is 9.97 Å². The molecule has 2 aromatic rings. The van der Waals surface area contributed by atoms with Crippen molar-refractivity contribution < 1.29 is 4.79 Å². The molecule has 2 aromatic heterocycles. The first-order chi connectivity index (χ1) is 12.8. The Kier molecular flexibility index (Phi) is 5.20. The second kappa shape index (κ2) is 7.91. The van der Waals surface area contributed by atoms with E-state index in [4.69, 9.17) is 0 Å². The first kappa shape index (κ1) is 17.1. The highest BCUT2D eigenvalue weighted by atomic mass is 16.2. The van der Waals surface area contributed by atoms with Gasteiger partial charge in [-0.3, -0.25) is 14.7 Å². The molecule has 6 nitrogen and oxygen atoms in total. The number of aromatic nitrogens is 3. The van der Waals surface area contributed by atoms with Crippen LogP contribution in [0.5, 0.6) is 0 Å². The van der Waals surface area contributed by atoms with E-state index in [1.165, 1.54) is 32.2 Å². The number of piperazine rings is 1. The van der Waals surface area contributed by atoms with Gasteiger partial charge in [-0.1, -0.05) is 18.9 Å². The van der Waals surface area contributed by atoms with Crippen LogP contribution in [0.3, 0.4) is 0 Å². The zero-order valence-electron chi connectivity index (χ0n) is 15.0. The van der Waals surface area contributed by atoms with Gasteiger partial charge >= 0.3 is 0 Å². The number of amides is 1. The molecule has 0 aromatic carbocycles. The molecule has 2 fully saturated rings. The molecule has 1 aliphatic heterocycles. The largest absolute Gasteiger partial charge is 0.336 e. The van der Waals surface area contributed by atoms with Crippen LogP contribution in [0.1, 0.15) is 36.0 Å². The average molecular weight is 351 g/mol. The molecule has 1 amide bonds. The number of hydrogen-bond acceptors (Lipinski definition) is 5. The number of hydrogen-bond donors (Lipinski definition) is 0. The number of nitrogens with zero attached hydrogens (tertiary/aromatic N) is 5.